The lowest BCUT2D eigenvalue weighted by Crippen LogP contribution is -2.56. The summed E-state index contributed by atoms with van der Waals surface area (Å²) in [6.07, 6.45) is 4.03. The second-order valence-corrected chi connectivity index (χ2v) is 15.6. The highest BCUT2D eigenvalue weighted by atomic mass is 16.7. The van der Waals surface area contributed by atoms with Crippen LogP contribution in [0.4, 0.5) is 0 Å². The minimum atomic E-state index is -1.10. The normalized spacial score (nSPS) is 35.6. The summed E-state index contributed by atoms with van der Waals surface area (Å²) in [5, 5.41) is 23.1. The topological polar surface area (TPSA) is 155 Å². The molecular weight excluding hydrogens is 652 g/mol. The first-order valence-corrected chi connectivity index (χ1v) is 19.0. The molecule has 12 heteroatoms. The van der Waals surface area contributed by atoms with E-state index in [4.69, 9.17) is 19.9 Å². The number of aliphatic hydroxyl groups is 2. The van der Waals surface area contributed by atoms with Crippen LogP contribution in [-0.2, 0) is 28.6 Å². The Balaban J connectivity index is 2.48. The SMILES string of the molecule is CC[C@H]1OC(=O)CC(O)[C@H](C)[C@@H](O[C@@H]2O[C@H](C)C[C@H](N(C)C)[C@H]2O)[C@@H](CCN(C)CCCN(C)C(=O)[C@H](C)N)C[C@@H](C)C(=O)/C=C/C(C)=C/[C@@H]1C. The van der Waals surface area contributed by atoms with Gasteiger partial charge in [-0.05, 0) is 99.1 Å². The van der Waals surface area contributed by atoms with Gasteiger partial charge in [0.15, 0.2) is 12.1 Å². The van der Waals surface area contributed by atoms with Gasteiger partial charge in [-0.25, -0.2) is 0 Å². The van der Waals surface area contributed by atoms with E-state index in [1.807, 2.05) is 79.7 Å². The van der Waals surface area contributed by atoms with Crippen molar-refractivity contribution in [2.45, 2.75) is 136 Å². The van der Waals surface area contributed by atoms with Crippen LogP contribution in [0.25, 0.3) is 0 Å². The summed E-state index contributed by atoms with van der Waals surface area (Å²) in [5.41, 5.74) is 6.67. The summed E-state index contributed by atoms with van der Waals surface area (Å²) in [7, 11) is 7.60. The van der Waals surface area contributed by atoms with Gasteiger partial charge in [0, 0.05) is 37.4 Å². The van der Waals surface area contributed by atoms with E-state index in [9.17, 15) is 24.6 Å². The summed E-state index contributed by atoms with van der Waals surface area (Å²) in [5.74, 6) is -1.86. The van der Waals surface area contributed by atoms with Gasteiger partial charge in [0.25, 0.3) is 0 Å². The van der Waals surface area contributed by atoms with Crippen LogP contribution in [0.2, 0.25) is 0 Å². The number of carbonyl (C=O) groups is 3. The molecule has 0 aromatic heterocycles. The van der Waals surface area contributed by atoms with Crippen LogP contribution in [0.5, 0.6) is 0 Å². The lowest BCUT2D eigenvalue weighted by atomic mass is 9.79. The van der Waals surface area contributed by atoms with Crippen LogP contribution < -0.4 is 5.73 Å². The maximum Gasteiger partial charge on any atom is 0.308 e. The molecule has 0 aromatic rings. The number of nitrogens with zero attached hydrogens (tertiary/aromatic N) is 3. The zero-order valence-corrected chi connectivity index (χ0v) is 33.3. The maximum atomic E-state index is 13.5. The molecule has 0 saturated carbocycles. The van der Waals surface area contributed by atoms with Crippen molar-refractivity contribution in [3.63, 3.8) is 0 Å². The van der Waals surface area contributed by atoms with E-state index in [2.05, 4.69) is 4.90 Å². The lowest BCUT2D eigenvalue weighted by molar-refractivity contribution is -0.283. The Morgan fingerprint density at radius 3 is 2.31 bits per heavy atom. The molecule has 1 unspecified atom stereocenters. The molecule has 0 aliphatic carbocycles. The van der Waals surface area contributed by atoms with Crippen molar-refractivity contribution in [2.24, 2.45) is 29.4 Å². The highest BCUT2D eigenvalue weighted by molar-refractivity contribution is 5.91. The monoisotopic (exact) mass is 723 g/mol. The van der Waals surface area contributed by atoms with Crippen molar-refractivity contribution in [2.75, 3.05) is 47.8 Å². The summed E-state index contributed by atoms with van der Waals surface area (Å²) in [4.78, 5) is 44.8. The highest BCUT2D eigenvalue weighted by Crippen LogP contribution is 2.34. The van der Waals surface area contributed by atoms with Crippen molar-refractivity contribution < 1.29 is 38.8 Å². The van der Waals surface area contributed by atoms with Gasteiger partial charge in [0.2, 0.25) is 5.91 Å². The summed E-state index contributed by atoms with van der Waals surface area (Å²) >= 11 is 0. The van der Waals surface area contributed by atoms with Crippen LogP contribution in [0.1, 0.15) is 87.0 Å². The van der Waals surface area contributed by atoms with Crippen molar-refractivity contribution in [3.05, 3.63) is 23.8 Å². The minimum absolute atomic E-state index is 0.0108. The van der Waals surface area contributed by atoms with Crippen LogP contribution in [0.15, 0.2) is 23.8 Å². The molecule has 4 N–H and O–H groups in total. The predicted octanol–water partition coefficient (Wildman–Crippen LogP) is 3.39. The number of amides is 1. The van der Waals surface area contributed by atoms with Crippen molar-refractivity contribution in [1.29, 1.82) is 0 Å². The van der Waals surface area contributed by atoms with Gasteiger partial charge in [-0.3, -0.25) is 14.4 Å². The van der Waals surface area contributed by atoms with Gasteiger partial charge in [0.1, 0.15) is 12.2 Å². The number of carbonyl (C=O) groups excluding carboxylic acids is 3. The minimum Gasteiger partial charge on any atom is -0.462 e. The standard InChI is InChI=1S/C39H70N4O8/c1-12-34-26(4)20-24(2)14-15-32(44)25(3)21-30(16-19-42(10)17-13-18-43(11)38(48)29(7)40)37(28(6)33(45)23-35(46)50-34)51-39-36(47)31(41(8)9)22-27(5)49-39/h14-15,20,25-31,33-34,36-37,39,45,47H,12-13,16-19,21-23,40H2,1-11H3/b15-14+,24-20+/t25-,26+,27-,28+,29+,30+,31+,33?,34-,36-,37-,39+/m1/s1. The van der Waals surface area contributed by atoms with Gasteiger partial charge in [-0.2, -0.15) is 0 Å². The Hall–Kier alpha value is -2.19. The molecule has 0 radical (unpaired) electrons. The number of hydrogen-bond donors (Lipinski definition) is 3. The van der Waals surface area contributed by atoms with Gasteiger partial charge < -0.3 is 44.9 Å². The Bertz CT molecular complexity index is 1160. The molecule has 294 valence electrons. The number of nitrogens with two attached hydrogens (primary N) is 1. The number of allylic oxidation sites excluding steroid dienone is 3. The molecule has 0 spiro atoms. The molecule has 1 fully saturated rings. The van der Waals surface area contributed by atoms with Gasteiger partial charge in [0.05, 0.1) is 30.8 Å². The van der Waals surface area contributed by atoms with Gasteiger partial charge >= 0.3 is 5.97 Å². The molecule has 2 rings (SSSR count). The molecule has 51 heavy (non-hydrogen) atoms. The van der Waals surface area contributed by atoms with E-state index >= 15 is 0 Å². The van der Waals surface area contributed by atoms with E-state index in [1.165, 1.54) is 0 Å². The molecule has 1 saturated heterocycles. The first kappa shape index (κ1) is 45.0. The smallest absolute Gasteiger partial charge is 0.308 e. The third-order valence-electron chi connectivity index (χ3n) is 10.7. The average Bonchev–Trinajstić information content (AvgIpc) is 3.06. The van der Waals surface area contributed by atoms with Crippen LogP contribution in [0, 0.1) is 23.7 Å². The van der Waals surface area contributed by atoms with Crippen LogP contribution >= 0.6 is 0 Å². The fraction of sp³-hybridized carbons (Fsp3) is 0.821. The number of rotatable bonds is 12. The van der Waals surface area contributed by atoms with Crippen molar-refractivity contribution in [3.8, 4) is 0 Å². The number of ketones is 1. The second kappa shape index (κ2) is 21.5. The van der Waals surface area contributed by atoms with Crippen LogP contribution in [0.3, 0.4) is 0 Å². The fourth-order valence-electron chi connectivity index (χ4n) is 7.30. The van der Waals surface area contributed by atoms with Crippen LogP contribution in [-0.4, -0.2) is 139 Å². The molecule has 12 atom stereocenters. The second-order valence-electron chi connectivity index (χ2n) is 15.6. The van der Waals surface area contributed by atoms with Crippen molar-refractivity contribution >= 4 is 17.7 Å². The molecular formula is C39H70N4O8. The third-order valence-corrected chi connectivity index (χ3v) is 10.7. The fourth-order valence-corrected chi connectivity index (χ4v) is 7.30. The highest BCUT2D eigenvalue weighted by Gasteiger charge is 2.43. The first-order chi connectivity index (χ1) is 23.9. The average molecular weight is 723 g/mol. The first-order valence-electron chi connectivity index (χ1n) is 19.0. The molecule has 1 amide bonds. The summed E-state index contributed by atoms with van der Waals surface area (Å²) in [6, 6.07) is -0.752. The number of hydrogen-bond acceptors (Lipinski definition) is 11. The van der Waals surface area contributed by atoms with E-state index in [0.29, 0.717) is 38.8 Å². The number of likely N-dealkylation sites (N-methyl/N-ethyl adjacent to an activating group) is 2. The molecule has 0 aromatic carbocycles. The zero-order chi connectivity index (χ0) is 38.6. The number of cyclic esters (lactones) is 1. The van der Waals surface area contributed by atoms with E-state index < -0.39 is 42.5 Å². The van der Waals surface area contributed by atoms with Gasteiger partial charge in [-0.1, -0.05) is 45.4 Å². The Morgan fingerprint density at radius 2 is 1.71 bits per heavy atom. The number of aliphatic hydroxyl groups excluding tert-OH is 2. The predicted molar refractivity (Wildman–Crippen MR) is 200 cm³/mol. The molecule has 2 aliphatic heterocycles. The van der Waals surface area contributed by atoms with E-state index in [-0.39, 0.29) is 54.1 Å². The van der Waals surface area contributed by atoms with Gasteiger partial charge in [-0.15, -0.1) is 0 Å². The third kappa shape index (κ3) is 14.3. The van der Waals surface area contributed by atoms with E-state index in [1.54, 1.807) is 24.9 Å². The molecule has 12 nitrogen and oxygen atoms in total. The summed E-state index contributed by atoms with van der Waals surface area (Å²) < 4.78 is 18.8. The van der Waals surface area contributed by atoms with E-state index in [0.717, 1.165) is 18.5 Å². The Kier molecular flexibility index (Phi) is 19.0. The Morgan fingerprint density at radius 1 is 1.04 bits per heavy atom. The Labute approximate surface area is 307 Å². The maximum absolute atomic E-state index is 13.5. The number of ether oxygens (including phenoxy) is 3. The largest absolute Gasteiger partial charge is 0.462 e. The lowest BCUT2D eigenvalue weighted by Gasteiger charge is -2.44. The quantitative estimate of drug-likeness (QED) is 0.254. The zero-order valence-electron chi connectivity index (χ0n) is 33.3. The number of esters is 1. The molecule has 2 heterocycles. The van der Waals surface area contributed by atoms with Crippen molar-refractivity contribution in [1.82, 2.24) is 14.7 Å². The molecule has 0 bridgehead atoms. The summed E-state index contributed by atoms with van der Waals surface area (Å²) in [6.45, 7) is 15.2. The molecule has 2 aliphatic rings.